The van der Waals surface area contributed by atoms with Gasteiger partial charge in [0.1, 0.15) is 0 Å². The van der Waals surface area contributed by atoms with Gasteiger partial charge in [0.25, 0.3) is 5.91 Å². The molecule has 2 aliphatic heterocycles. The molecule has 1 aromatic carbocycles. The van der Waals surface area contributed by atoms with Crippen molar-refractivity contribution in [3.05, 3.63) is 29.3 Å². The highest BCUT2D eigenvalue weighted by molar-refractivity contribution is 7.99. The number of benzene rings is 1. The lowest BCUT2D eigenvalue weighted by Gasteiger charge is -2.25. The summed E-state index contributed by atoms with van der Waals surface area (Å²) in [5.41, 5.74) is 2.13. The Morgan fingerprint density at radius 1 is 0.923 bits per heavy atom. The number of carbonyl (C=O) groups is 2. The van der Waals surface area contributed by atoms with Crippen molar-refractivity contribution >= 4 is 23.6 Å². The van der Waals surface area contributed by atoms with E-state index in [0.717, 1.165) is 44.3 Å². The van der Waals surface area contributed by atoms with Crippen LogP contribution in [0.5, 0.6) is 0 Å². The van der Waals surface area contributed by atoms with Crippen molar-refractivity contribution in [3.8, 4) is 0 Å². The maximum absolute atomic E-state index is 13.0. The summed E-state index contributed by atoms with van der Waals surface area (Å²) in [6.07, 6.45) is 7.61. The second-order valence-corrected chi connectivity index (χ2v) is 8.86. The van der Waals surface area contributed by atoms with Crippen molar-refractivity contribution in [3.63, 3.8) is 0 Å². The number of nitrogens with zero attached hydrogens (tertiary/aromatic N) is 2. The fourth-order valence-electron chi connectivity index (χ4n) is 4.45. The highest BCUT2D eigenvalue weighted by Crippen LogP contribution is 2.31. The first-order valence-corrected chi connectivity index (χ1v) is 11.0. The van der Waals surface area contributed by atoms with E-state index in [1.165, 1.54) is 35.5 Å². The number of amides is 2. The number of fused-ring (bicyclic) bond motifs is 1. The minimum Gasteiger partial charge on any atom is -0.341 e. The summed E-state index contributed by atoms with van der Waals surface area (Å²) in [5, 5.41) is 0. The predicted octanol–water partition coefficient (Wildman–Crippen LogP) is 3.59. The topological polar surface area (TPSA) is 40.6 Å². The Bertz CT molecular complexity index is 685. The van der Waals surface area contributed by atoms with Gasteiger partial charge in [-0.05, 0) is 61.6 Å². The molecule has 4 rings (SSSR count). The van der Waals surface area contributed by atoms with Crippen LogP contribution < -0.4 is 0 Å². The minimum atomic E-state index is 0.124. The molecule has 2 fully saturated rings. The Morgan fingerprint density at radius 3 is 2.54 bits per heavy atom. The molecule has 2 heterocycles. The predicted molar refractivity (Wildman–Crippen MR) is 105 cm³/mol. The van der Waals surface area contributed by atoms with Crippen LogP contribution in [0.2, 0.25) is 0 Å². The Kier molecular flexibility index (Phi) is 5.53. The van der Waals surface area contributed by atoms with Crippen LogP contribution in [0.4, 0.5) is 0 Å². The van der Waals surface area contributed by atoms with E-state index in [0.29, 0.717) is 19.0 Å². The zero-order chi connectivity index (χ0) is 17.9. The monoisotopic (exact) mass is 372 g/mol. The average molecular weight is 373 g/mol. The van der Waals surface area contributed by atoms with Crippen LogP contribution in [-0.4, -0.2) is 53.5 Å². The van der Waals surface area contributed by atoms with Gasteiger partial charge in [-0.25, -0.2) is 0 Å². The molecule has 1 aliphatic carbocycles. The number of hydrogen-bond donors (Lipinski definition) is 0. The molecule has 26 heavy (non-hydrogen) atoms. The zero-order valence-electron chi connectivity index (χ0n) is 15.4. The van der Waals surface area contributed by atoms with Crippen molar-refractivity contribution in [2.75, 3.05) is 31.9 Å². The average Bonchev–Trinajstić information content (AvgIpc) is 3.11. The molecule has 0 radical (unpaired) electrons. The lowest BCUT2D eigenvalue weighted by atomic mass is 10.1. The molecule has 0 aromatic heterocycles. The molecule has 140 valence electrons. The van der Waals surface area contributed by atoms with Crippen LogP contribution in [0.25, 0.3) is 0 Å². The maximum atomic E-state index is 13.0. The van der Waals surface area contributed by atoms with Gasteiger partial charge < -0.3 is 9.80 Å². The summed E-state index contributed by atoms with van der Waals surface area (Å²) in [6.45, 7) is 2.88. The summed E-state index contributed by atoms with van der Waals surface area (Å²) < 4.78 is 0. The quantitative estimate of drug-likeness (QED) is 0.797. The third-order valence-electron chi connectivity index (χ3n) is 5.95. The molecule has 0 bridgehead atoms. The van der Waals surface area contributed by atoms with E-state index in [2.05, 4.69) is 12.1 Å². The first-order valence-electron chi connectivity index (χ1n) is 10.1. The van der Waals surface area contributed by atoms with E-state index in [-0.39, 0.29) is 11.8 Å². The van der Waals surface area contributed by atoms with Crippen molar-refractivity contribution in [1.29, 1.82) is 0 Å². The molecule has 1 aromatic rings. The van der Waals surface area contributed by atoms with Gasteiger partial charge in [0.15, 0.2) is 0 Å². The number of hydrogen-bond acceptors (Lipinski definition) is 3. The fourth-order valence-corrected chi connectivity index (χ4v) is 5.47. The van der Waals surface area contributed by atoms with Gasteiger partial charge in [-0.15, -0.1) is 11.8 Å². The van der Waals surface area contributed by atoms with E-state index in [9.17, 15) is 9.59 Å². The summed E-state index contributed by atoms with van der Waals surface area (Å²) >= 11 is 1.89. The van der Waals surface area contributed by atoms with Crippen molar-refractivity contribution in [2.24, 2.45) is 5.92 Å². The van der Waals surface area contributed by atoms with Crippen LogP contribution in [0.15, 0.2) is 23.1 Å². The Hall–Kier alpha value is -1.49. The normalized spacial score (nSPS) is 21.4. The summed E-state index contributed by atoms with van der Waals surface area (Å²) in [7, 11) is 0. The molecule has 1 saturated carbocycles. The highest BCUT2D eigenvalue weighted by atomic mass is 32.2. The van der Waals surface area contributed by atoms with E-state index in [4.69, 9.17) is 0 Å². The molecule has 5 heteroatoms. The van der Waals surface area contributed by atoms with Gasteiger partial charge in [-0.3, -0.25) is 9.59 Å². The highest BCUT2D eigenvalue weighted by Gasteiger charge is 2.29. The first-order chi connectivity index (χ1) is 12.7. The van der Waals surface area contributed by atoms with Gasteiger partial charge in [-0.1, -0.05) is 12.8 Å². The molecule has 2 amide bonds. The van der Waals surface area contributed by atoms with Crippen molar-refractivity contribution < 1.29 is 9.59 Å². The first kappa shape index (κ1) is 17.9. The third-order valence-corrected chi connectivity index (χ3v) is 7.16. The SMILES string of the molecule is O=C(c1ccc2c(c1)CCCS2)N1CCCN(C(=O)C2CCCC2)CC1. The summed E-state index contributed by atoms with van der Waals surface area (Å²) in [5.74, 6) is 1.86. The molecule has 0 spiro atoms. The third kappa shape index (κ3) is 3.78. The molecular weight excluding hydrogens is 344 g/mol. The zero-order valence-corrected chi connectivity index (χ0v) is 16.2. The van der Waals surface area contributed by atoms with Gasteiger partial charge >= 0.3 is 0 Å². The van der Waals surface area contributed by atoms with Crippen LogP contribution in [-0.2, 0) is 11.2 Å². The van der Waals surface area contributed by atoms with Crippen molar-refractivity contribution in [1.82, 2.24) is 9.80 Å². The lowest BCUT2D eigenvalue weighted by molar-refractivity contribution is -0.135. The molecule has 0 atom stereocenters. The molecule has 0 unspecified atom stereocenters. The Balaban J connectivity index is 1.40. The summed E-state index contributed by atoms with van der Waals surface area (Å²) in [6, 6.07) is 6.18. The second-order valence-electron chi connectivity index (χ2n) is 7.73. The molecule has 4 nitrogen and oxygen atoms in total. The second kappa shape index (κ2) is 8.03. The number of carbonyl (C=O) groups excluding carboxylic acids is 2. The fraction of sp³-hybridized carbons (Fsp3) is 0.619. The van der Waals surface area contributed by atoms with Crippen LogP contribution >= 0.6 is 11.8 Å². The van der Waals surface area contributed by atoms with E-state index in [1.807, 2.05) is 27.6 Å². The van der Waals surface area contributed by atoms with Crippen LogP contribution in [0.3, 0.4) is 0 Å². The molecule has 1 saturated heterocycles. The Morgan fingerprint density at radius 2 is 1.69 bits per heavy atom. The summed E-state index contributed by atoms with van der Waals surface area (Å²) in [4.78, 5) is 30.9. The van der Waals surface area contributed by atoms with E-state index >= 15 is 0 Å². The van der Waals surface area contributed by atoms with Gasteiger partial charge in [0.05, 0.1) is 0 Å². The van der Waals surface area contributed by atoms with Gasteiger partial charge in [-0.2, -0.15) is 0 Å². The van der Waals surface area contributed by atoms with E-state index in [1.54, 1.807) is 0 Å². The lowest BCUT2D eigenvalue weighted by Crippen LogP contribution is -2.39. The van der Waals surface area contributed by atoms with Crippen LogP contribution in [0.1, 0.15) is 54.4 Å². The van der Waals surface area contributed by atoms with Crippen LogP contribution in [0, 0.1) is 5.92 Å². The molecule has 3 aliphatic rings. The minimum absolute atomic E-state index is 0.124. The maximum Gasteiger partial charge on any atom is 0.253 e. The standard InChI is InChI=1S/C21H28N2O2S/c24-20(16-5-1-2-6-16)22-10-4-11-23(13-12-22)21(25)18-8-9-19-17(15-18)7-3-14-26-19/h8-9,15-16H,1-7,10-14H2. The number of thioether (sulfide) groups is 1. The number of aryl methyl sites for hydroxylation is 1. The van der Waals surface area contributed by atoms with E-state index < -0.39 is 0 Å². The van der Waals surface area contributed by atoms with Gasteiger partial charge in [0.2, 0.25) is 5.91 Å². The largest absolute Gasteiger partial charge is 0.341 e. The van der Waals surface area contributed by atoms with Gasteiger partial charge in [0, 0.05) is 42.6 Å². The smallest absolute Gasteiger partial charge is 0.253 e. The molecule has 0 N–H and O–H groups in total. The van der Waals surface area contributed by atoms with Crippen molar-refractivity contribution in [2.45, 2.75) is 49.8 Å². The number of rotatable bonds is 2. The Labute approximate surface area is 160 Å². The molecular formula is C21H28N2O2S.